The standard InChI is InChI=1S/C68H46N2/c1-5-13-54-42-64(34-27-49(54)9-1)69(65-35-28-50-10-2-6-14-55(50)43-65)63-32-25-53(26-33-63)60-24-23-58-39-47(19-21-61(58)41-60)17-18-48-20-22-62-46-68(38-31-59(62)40-48)70(66-36-29-51-11-3-7-15-56(51)44-66)67-37-30-52-12-4-8-16-57(52)45-67/h1-46H/b18-17+. The van der Waals surface area contributed by atoms with E-state index in [0.717, 1.165) is 34.1 Å². The molecule has 0 saturated carbocycles. The molecule has 0 radical (unpaired) electrons. The molecule has 0 aliphatic carbocycles. The van der Waals surface area contributed by atoms with Crippen molar-refractivity contribution < 1.29 is 0 Å². The molecule has 2 nitrogen and oxygen atoms in total. The third-order valence-corrected chi connectivity index (χ3v) is 13.9. The Morgan fingerprint density at radius 1 is 0.186 bits per heavy atom. The van der Waals surface area contributed by atoms with E-state index < -0.39 is 0 Å². The molecule has 0 aliphatic rings. The summed E-state index contributed by atoms with van der Waals surface area (Å²) in [4.78, 5) is 4.74. The van der Waals surface area contributed by atoms with Gasteiger partial charge in [0.1, 0.15) is 0 Å². The summed E-state index contributed by atoms with van der Waals surface area (Å²) in [6.45, 7) is 0. The molecule has 13 rings (SSSR count). The highest BCUT2D eigenvalue weighted by Crippen LogP contribution is 2.41. The maximum atomic E-state index is 2.37. The summed E-state index contributed by atoms with van der Waals surface area (Å²) in [6.07, 6.45) is 4.44. The Morgan fingerprint density at radius 3 is 0.843 bits per heavy atom. The van der Waals surface area contributed by atoms with Gasteiger partial charge in [0, 0.05) is 34.1 Å². The molecule has 70 heavy (non-hydrogen) atoms. The monoisotopic (exact) mass is 890 g/mol. The Kier molecular flexibility index (Phi) is 10.2. The summed E-state index contributed by atoms with van der Waals surface area (Å²) in [5.74, 6) is 0. The summed E-state index contributed by atoms with van der Waals surface area (Å²) in [6, 6.07) is 97.3. The van der Waals surface area contributed by atoms with Gasteiger partial charge in [-0.2, -0.15) is 0 Å². The molecule has 0 unspecified atom stereocenters. The first-order chi connectivity index (χ1) is 34.6. The number of anilines is 6. The molecule has 0 aromatic heterocycles. The summed E-state index contributed by atoms with van der Waals surface area (Å²) in [7, 11) is 0. The molecular formula is C68H46N2. The summed E-state index contributed by atoms with van der Waals surface area (Å²) < 4.78 is 0. The van der Waals surface area contributed by atoms with Gasteiger partial charge in [0.15, 0.2) is 0 Å². The lowest BCUT2D eigenvalue weighted by Gasteiger charge is -2.26. The molecule has 0 saturated heterocycles. The molecular weight excluding hydrogens is 845 g/mol. The largest absolute Gasteiger partial charge is 0.310 e. The van der Waals surface area contributed by atoms with E-state index in [2.05, 4.69) is 289 Å². The van der Waals surface area contributed by atoms with Gasteiger partial charge in [-0.15, -0.1) is 0 Å². The van der Waals surface area contributed by atoms with Crippen LogP contribution in [0.4, 0.5) is 34.1 Å². The van der Waals surface area contributed by atoms with Gasteiger partial charge in [-0.25, -0.2) is 0 Å². The summed E-state index contributed by atoms with van der Waals surface area (Å²) >= 11 is 0. The molecule has 0 fully saturated rings. The molecule has 0 heterocycles. The van der Waals surface area contributed by atoms with E-state index in [0.29, 0.717) is 0 Å². The van der Waals surface area contributed by atoms with Gasteiger partial charge in [0.25, 0.3) is 0 Å². The fraction of sp³-hybridized carbons (Fsp3) is 0. The van der Waals surface area contributed by atoms with Crippen molar-refractivity contribution in [2.24, 2.45) is 0 Å². The smallest absolute Gasteiger partial charge is 0.0468 e. The van der Waals surface area contributed by atoms with Crippen molar-refractivity contribution in [3.63, 3.8) is 0 Å². The zero-order valence-corrected chi connectivity index (χ0v) is 38.5. The minimum atomic E-state index is 1.11. The second kappa shape index (κ2) is 17.4. The van der Waals surface area contributed by atoms with Crippen LogP contribution in [0, 0.1) is 0 Å². The minimum absolute atomic E-state index is 1.11. The molecule has 328 valence electrons. The lowest BCUT2D eigenvalue weighted by molar-refractivity contribution is 1.29. The molecule has 2 heteroatoms. The van der Waals surface area contributed by atoms with E-state index in [1.807, 2.05) is 0 Å². The number of fused-ring (bicyclic) bond motifs is 6. The van der Waals surface area contributed by atoms with Crippen LogP contribution in [0.3, 0.4) is 0 Å². The van der Waals surface area contributed by atoms with Crippen molar-refractivity contribution in [1.82, 2.24) is 0 Å². The van der Waals surface area contributed by atoms with E-state index in [1.165, 1.54) is 86.9 Å². The highest BCUT2D eigenvalue weighted by atomic mass is 15.1. The summed E-state index contributed by atoms with van der Waals surface area (Å²) in [5, 5.41) is 14.7. The first-order valence-electron chi connectivity index (χ1n) is 24.0. The van der Waals surface area contributed by atoms with E-state index >= 15 is 0 Å². The van der Waals surface area contributed by atoms with Crippen LogP contribution in [-0.4, -0.2) is 0 Å². The Hall–Kier alpha value is -9.24. The van der Waals surface area contributed by atoms with Crippen molar-refractivity contribution in [2.75, 3.05) is 9.80 Å². The predicted molar refractivity (Wildman–Crippen MR) is 302 cm³/mol. The third-order valence-electron chi connectivity index (χ3n) is 13.9. The highest BCUT2D eigenvalue weighted by Gasteiger charge is 2.17. The number of benzene rings is 13. The Balaban J connectivity index is 0.759. The lowest BCUT2D eigenvalue weighted by atomic mass is 9.99. The molecule has 13 aromatic carbocycles. The van der Waals surface area contributed by atoms with Gasteiger partial charge < -0.3 is 9.80 Å². The molecule has 13 aromatic rings. The third kappa shape index (κ3) is 7.88. The van der Waals surface area contributed by atoms with Crippen LogP contribution >= 0.6 is 0 Å². The SMILES string of the molecule is C(=C\c1ccc2cc(N(c3ccc4ccccc4c3)c3ccc4ccccc4c3)ccc2c1)/c1ccc2cc(-c3ccc(N(c4ccc5ccccc5c4)c4ccc5ccccc5c4)cc3)ccc2c1. The fourth-order valence-corrected chi connectivity index (χ4v) is 10.2. The van der Waals surface area contributed by atoms with Crippen LogP contribution in [0.2, 0.25) is 0 Å². The van der Waals surface area contributed by atoms with Gasteiger partial charge in [-0.05, 0) is 178 Å². The van der Waals surface area contributed by atoms with Crippen molar-refractivity contribution >= 4 is 111 Å². The van der Waals surface area contributed by atoms with Gasteiger partial charge in [0.2, 0.25) is 0 Å². The van der Waals surface area contributed by atoms with Gasteiger partial charge >= 0.3 is 0 Å². The van der Waals surface area contributed by atoms with Crippen LogP contribution in [0.5, 0.6) is 0 Å². The second-order valence-electron chi connectivity index (χ2n) is 18.3. The maximum Gasteiger partial charge on any atom is 0.0468 e. The van der Waals surface area contributed by atoms with E-state index in [1.54, 1.807) is 0 Å². The van der Waals surface area contributed by atoms with Crippen molar-refractivity contribution in [3.05, 3.63) is 278 Å². The first kappa shape index (κ1) is 41.0. The average Bonchev–Trinajstić information content (AvgIpc) is 3.42. The van der Waals surface area contributed by atoms with Crippen LogP contribution in [-0.2, 0) is 0 Å². The number of nitrogens with zero attached hydrogens (tertiary/aromatic N) is 2. The fourth-order valence-electron chi connectivity index (χ4n) is 10.2. The predicted octanol–water partition coefficient (Wildman–Crippen LogP) is 19.4. The van der Waals surface area contributed by atoms with Crippen LogP contribution in [0.25, 0.3) is 87.9 Å². The van der Waals surface area contributed by atoms with E-state index in [-0.39, 0.29) is 0 Å². The van der Waals surface area contributed by atoms with Crippen molar-refractivity contribution in [3.8, 4) is 11.1 Å². The lowest BCUT2D eigenvalue weighted by Crippen LogP contribution is -2.10. The zero-order chi connectivity index (χ0) is 46.4. The normalized spacial score (nSPS) is 11.7. The molecule has 0 amide bonds. The van der Waals surface area contributed by atoms with Gasteiger partial charge in [0.05, 0.1) is 0 Å². The Labute approximate surface area is 407 Å². The number of rotatable bonds is 9. The number of hydrogen-bond acceptors (Lipinski definition) is 2. The second-order valence-corrected chi connectivity index (χ2v) is 18.3. The number of hydrogen-bond donors (Lipinski definition) is 0. The van der Waals surface area contributed by atoms with Crippen LogP contribution in [0.15, 0.2) is 267 Å². The van der Waals surface area contributed by atoms with E-state index in [4.69, 9.17) is 0 Å². The first-order valence-corrected chi connectivity index (χ1v) is 24.0. The zero-order valence-electron chi connectivity index (χ0n) is 38.5. The molecule has 0 N–H and O–H groups in total. The Bertz CT molecular complexity index is 3990. The van der Waals surface area contributed by atoms with Crippen molar-refractivity contribution in [1.29, 1.82) is 0 Å². The summed E-state index contributed by atoms with van der Waals surface area (Å²) in [5.41, 5.74) is 11.5. The molecule has 0 aliphatic heterocycles. The Morgan fingerprint density at radius 2 is 0.443 bits per heavy atom. The van der Waals surface area contributed by atoms with Gasteiger partial charge in [-0.3, -0.25) is 0 Å². The maximum absolute atomic E-state index is 2.37. The van der Waals surface area contributed by atoms with Crippen LogP contribution < -0.4 is 9.80 Å². The minimum Gasteiger partial charge on any atom is -0.310 e. The van der Waals surface area contributed by atoms with Crippen LogP contribution in [0.1, 0.15) is 11.1 Å². The highest BCUT2D eigenvalue weighted by molar-refractivity contribution is 5.97. The topological polar surface area (TPSA) is 6.48 Å². The quantitative estimate of drug-likeness (QED) is 0.133. The van der Waals surface area contributed by atoms with Gasteiger partial charge in [-0.1, -0.05) is 188 Å². The van der Waals surface area contributed by atoms with Crippen molar-refractivity contribution in [2.45, 2.75) is 0 Å². The molecule has 0 atom stereocenters. The van der Waals surface area contributed by atoms with E-state index in [9.17, 15) is 0 Å². The molecule has 0 spiro atoms. The molecule has 0 bridgehead atoms. The average molecular weight is 891 g/mol.